The standard InChI is InChI=1S/C16H16ClF3NO2P/c1-11-3-6-14(9-12(11)2)21-24(22,10-16(18,19)20)23-15-7-4-13(17)5-8-15/h3-9H,10H2,1-2H3,(H,21,22)/t24-/m1/s1. The van der Waals surface area contributed by atoms with Gasteiger partial charge < -0.3 is 9.61 Å². The second-order valence-electron chi connectivity index (χ2n) is 5.40. The highest BCUT2D eigenvalue weighted by Gasteiger charge is 2.41. The van der Waals surface area contributed by atoms with Gasteiger partial charge in [-0.15, -0.1) is 0 Å². The Morgan fingerprint density at radius 1 is 1.08 bits per heavy atom. The Morgan fingerprint density at radius 3 is 2.25 bits per heavy atom. The van der Waals surface area contributed by atoms with Crippen molar-refractivity contribution < 1.29 is 22.3 Å². The first-order chi connectivity index (χ1) is 11.1. The van der Waals surface area contributed by atoms with Crippen LogP contribution in [0.5, 0.6) is 5.75 Å². The normalized spacial score (nSPS) is 14.1. The average Bonchev–Trinajstić information content (AvgIpc) is 2.43. The molecule has 2 rings (SSSR count). The molecule has 1 atom stereocenters. The molecule has 0 aliphatic rings. The summed E-state index contributed by atoms with van der Waals surface area (Å²) in [6, 6.07) is 10.6. The Kier molecular flexibility index (Phi) is 5.51. The zero-order valence-electron chi connectivity index (χ0n) is 13.0. The number of halogens is 4. The second kappa shape index (κ2) is 7.08. The largest absolute Gasteiger partial charge is 0.429 e. The van der Waals surface area contributed by atoms with Crippen LogP contribution in [0.2, 0.25) is 5.02 Å². The van der Waals surface area contributed by atoms with Gasteiger partial charge in [-0.05, 0) is 61.4 Å². The molecule has 130 valence electrons. The first-order valence-electron chi connectivity index (χ1n) is 7.03. The Bertz CT molecular complexity index is 763. The highest BCUT2D eigenvalue weighted by Crippen LogP contribution is 2.50. The molecular weight excluding hydrogens is 362 g/mol. The van der Waals surface area contributed by atoms with E-state index >= 15 is 0 Å². The van der Waals surface area contributed by atoms with E-state index in [2.05, 4.69) is 5.09 Å². The molecule has 0 amide bonds. The Balaban J connectivity index is 2.30. The molecule has 0 bridgehead atoms. The topological polar surface area (TPSA) is 38.3 Å². The molecule has 0 radical (unpaired) electrons. The van der Waals surface area contributed by atoms with Crippen LogP contribution in [-0.4, -0.2) is 12.3 Å². The minimum Gasteiger partial charge on any atom is -0.429 e. The van der Waals surface area contributed by atoms with Crippen molar-refractivity contribution in [2.75, 3.05) is 11.2 Å². The summed E-state index contributed by atoms with van der Waals surface area (Å²) in [5, 5.41) is 2.82. The van der Waals surface area contributed by atoms with Crippen LogP contribution >= 0.6 is 19.1 Å². The summed E-state index contributed by atoms with van der Waals surface area (Å²) in [4.78, 5) is 0. The van der Waals surface area contributed by atoms with E-state index in [0.717, 1.165) is 11.1 Å². The Morgan fingerprint density at radius 2 is 1.71 bits per heavy atom. The molecular formula is C16H16ClF3NO2P. The first-order valence-corrected chi connectivity index (χ1v) is 9.22. The number of nitrogens with one attached hydrogen (secondary N) is 1. The smallest absolute Gasteiger partial charge is 0.400 e. The van der Waals surface area contributed by atoms with Crippen LogP contribution in [0.1, 0.15) is 11.1 Å². The molecule has 0 aliphatic heterocycles. The van der Waals surface area contributed by atoms with Gasteiger partial charge in [0.25, 0.3) is 0 Å². The molecule has 0 aliphatic carbocycles. The van der Waals surface area contributed by atoms with Crippen molar-refractivity contribution in [3.63, 3.8) is 0 Å². The quantitative estimate of drug-likeness (QED) is 0.630. The van der Waals surface area contributed by atoms with E-state index in [1.54, 1.807) is 18.2 Å². The van der Waals surface area contributed by atoms with Gasteiger partial charge in [-0.2, -0.15) is 13.2 Å². The minimum atomic E-state index is -4.64. The van der Waals surface area contributed by atoms with Crippen molar-refractivity contribution in [2.45, 2.75) is 20.0 Å². The monoisotopic (exact) mass is 377 g/mol. The van der Waals surface area contributed by atoms with Crippen molar-refractivity contribution in [2.24, 2.45) is 0 Å². The predicted octanol–water partition coefficient (Wildman–Crippen LogP) is 6.20. The number of anilines is 1. The molecule has 0 aromatic heterocycles. The van der Waals surface area contributed by atoms with E-state index in [1.807, 2.05) is 13.8 Å². The second-order valence-corrected chi connectivity index (χ2v) is 7.91. The summed E-state index contributed by atoms with van der Waals surface area (Å²) in [5.41, 5.74) is 2.15. The summed E-state index contributed by atoms with van der Waals surface area (Å²) >= 11 is 5.73. The Labute approximate surface area is 143 Å². The van der Waals surface area contributed by atoms with E-state index in [0.29, 0.717) is 10.7 Å². The van der Waals surface area contributed by atoms with E-state index in [1.165, 1.54) is 24.3 Å². The summed E-state index contributed by atoms with van der Waals surface area (Å²) in [6.45, 7) is 3.69. The lowest BCUT2D eigenvalue weighted by Crippen LogP contribution is -2.20. The molecule has 0 saturated heterocycles. The number of rotatable bonds is 5. The van der Waals surface area contributed by atoms with E-state index in [-0.39, 0.29) is 5.75 Å². The van der Waals surface area contributed by atoms with Crippen LogP contribution in [0.4, 0.5) is 18.9 Å². The number of aryl methyl sites for hydroxylation is 2. The number of benzene rings is 2. The maximum absolute atomic E-state index is 12.9. The molecule has 0 fully saturated rings. The molecule has 1 N–H and O–H groups in total. The van der Waals surface area contributed by atoms with Crippen molar-refractivity contribution in [3.05, 3.63) is 58.6 Å². The summed E-state index contributed by atoms with van der Waals surface area (Å²) in [6.07, 6.45) is -6.23. The lowest BCUT2D eigenvalue weighted by Gasteiger charge is -2.23. The van der Waals surface area contributed by atoms with Crippen LogP contribution in [0.15, 0.2) is 42.5 Å². The SMILES string of the molecule is Cc1ccc(N[P@@](=O)(CC(F)(F)F)Oc2ccc(Cl)cc2)cc1C. The van der Waals surface area contributed by atoms with Crippen LogP contribution in [-0.2, 0) is 4.57 Å². The van der Waals surface area contributed by atoms with E-state index in [9.17, 15) is 17.7 Å². The fourth-order valence-electron chi connectivity index (χ4n) is 2.00. The molecule has 0 unspecified atom stereocenters. The van der Waals surface area contributed by atoms with Gasteiger partial charge in [0, 0.05) is 10.7 Å². The summed E-state index contributed by atoms with van der Waals surface area (Å²) in [5.74, 6) is 0.0447. The lowest BCUT2D eigenvalue weighted by molar-refractivity contribution is -0.107. The maximum Gasteiger partial charge on any atom is 0.400 e. The molecule has 2 aromatic carbocycles. The highest BCUT2D eigenvalue weighted by molar-refractivity contribution is 7.61. The predicted molar refractivity (Wildman–Crippen MR) is 90.1 cm³/mol. The van der Waals surface area contributed by atoms with Crippen LogP contribution < -0.4 is 9.61 Å². The van der Waals surface area contributed by atoms with Crippen LogP contribution in [0, 0.1) is 13.8 Å². The van der Waals surface area contributed by atoms with Crippen molar-refractivity contribution in [3.8, 4) is 5.75 Å². The van der Waals surface area contributed by atoms with Gasteiger partial charge in [0.15, 0.2) is 6.16 Å². The molecule has 2 aromatic rings. The first kappa shape index (κ1) is 18.7. The van der Waals surface area contributed by atoms with Gasteiger partial charge in [-0.25, -0.2) is 0 Å². The molecule has 3 nitrogen and oxygen atoms in total. The van der Waals surface area contributed by atoms with Crippen molar-refractivity contribution in [1.29, 1.82) is 0 Å². The zero-order valence-corrected chi connectivity index (χ0v) is 14.7. The highest BCUT2D eigenvalue weighted by atomic mass is 35.5. The van der Waals surface area contributed by atoms with Gasteiger partial charge in [0.2, 0.25) is 0 Å². The fraction of sp³-hybridized carbons (Fsp3) is 0.250. The number of hydrogen-bond acceptors (Lipinski definition) is 2. The minimum absolute atomic E-state index is 0.0447. The fourth-order valence-corrected chi connectivity index (χ4v) is 3.79. The summed E-state index contributed by atoms with van der Waals surface area (Å²) in [7, 11) is -4.25. The Hall–Kier alpha value is -1.65. The third-order valence-electron chi connectivity index (χ3n) is 3.26. The molecule has 24 heavy (non-hydrogen) atoms. The van der Waals surface area contributed by atoms with Gasteiger partial charge in [-0.1, -0.05) is 17.7 Å². The van der Waals surface area contributed by atoms with E-state index in [4.69, 9.17) is 16.1 Å². The average molecular weight is 378 g/mol. The lowest BCUT2D eigenvalue weighted by atomic mass is 10.1. The van der Waals surface area contributed by atoms with Crippen molar-refractivity contribution in [1.82, 2.24) is 0 Å². The van der Waals surface area contributed by atoms with Crippen LogP contribution in [0.25, 0.3) is 0 Å². The van der Waals surface area contributed by atoms with Gasteiger partial charge in [-0.3, -0.25) is 4.57 Å². The third-order valence-corrected chi connectivity index (χ3v) is 5.39. The van der Waals surface area contributed by atoms with Gasteiger partial charge in [0.1, 0.15) is 5.75 Å². The van der Waals surface area contributed by atoms with E-state index < -0.39 is 19.9 Å². The maximum atomic E-state index is 12.9. The zero-order chi connectivity index (χ0) is 18.0. The van der Waals surface area contributed by atoms with Gasteiger partial charge >= 0.3 is 13.7 Å². The molecule has 0 saturated carbocycles. The molecule has 0 heterocycles. The number of alkyl halides is 3. The summed E-state index contributed by atoms with van der Waals surface area (Å²) < 4.78 is 56.5. The molecule has 8 heteroatoms. The van der Waals surface area contributed by atoms with Crippen molar-refractivity contribution >= 4 is 24.8 Å². The molecule has 0 spiro atoms. The van der Waals surface area contributed by atoms with Crippen LogP contribution in [0.3, 0.4) is 0 Å². The van der Waals surface area contributed by atoms with Gasteiger partial charge in [0.05, 0.1) is 0 Å². The number of hydrogen-bond donors (Lipinski definition) is 1. The third kappa shape index (κ3) is 5.46.